The van der Waals surface area contributed by atoms with E-state index in [1.807, 2.05) is 24.3 Å². The van der Waals surface area contributed by atoms with Gasteiger partial charge in [-0.25, -0.2) is 0 Å². The molecular formula is C13H22N2O2. The van der Waals surface area contributed by atoms with Crippen molar-refractivity contribution in [3.63, 3.8) is 0 Å². The number of rotatable bonds is 8. The molecule has 0 fully saturated rings. The first-order valence-electron chi connectivity index (χ1n) is 6.04. The topological polar surface area (TPSA) is 33.7 Å². The highest BCUT2D eigenvalue weighted by Crippen LogP contribution is 2.16. The zero-order valence-electron chi connectivity index (χ0n) is 10.9. The van der Waals surface area contributed by atoms with E-state index < -0.39 is 0 Å². The SMILES string of the molecule is CCN(CC)CCONc1cccc(OC)c1. The Morgan fingerprint density at radius 1 is 1.24 bits per heavy atom. The number of hydrogen-bond acceptors (Lipinski definition) is 4. The highest BCUT2D eigenvalue weighted by molar-refractivity contribution is 5.46. The van der Waals surface area contributed by atoms with Crippen LogP contribution in [0.15, 0.2) is 24.3 Å². The smallest absolute Gasteiger partial charge is 0.121 e. The van der Waals surface area contributed by atoms with Crippen molar-refractivity contribution >= 4 is 5.69 Å². The highest BCUT2D eigenvalue weighted by atomic mass is 16.6. The molecule has 96 valence electrons. The van der Waals surface area contributed by atoms with E-state index in [4.69, 9.17) is 9.57 Å². The minimum Gasteiger partial charge on any atom is -0.497 e. The third-order valence-electron chi connectivity index (χ3n) is 2.66. The molecule has 0 aliphatic rings. The summed E-state index contributed by atoms with van der Waals surface area (Å²) in [6.07, 6.45) is 0. The van der Waals surface area contributed by atoms with Crippen molar-refractivity contribution in [2.75, 3.05) is 38.8 Å². The first kappa shape index (κ1) is 13.8. The lowest BCUT2D eigenvalue weighted by molar-refractivity contribution is 0.151. The molecular weight excluding hydrogens is 216 g/mol. The van der Waals surface area contributed by atoms with Gasteiger partial charge in [0.05, 0.1) is 19.4 Å². The number of likely N-dealkylation sites (N-methyl/N-ethyl adjacent to an activating group) is 1. The Kier molecular flexibility index (Phi) is 6.43. The van der Waals surface area contributed by atoms with E-state index in [-0.39, 0.29) is 0 Å². The van der Waals surface area contributed by atoms with E-state index in [9.17, 15) is 0 Å². The molecule has 1 aromatic carbocycles. The van der Waals surface area contributed by atoms with Crippen LogP contribution in [0, 0.1) is 0 Å². The molecule has 0 atom stereocenters. The molecule has 0 amide bonds. The summed E-state index contributed by atoms with van der Waals surface area (Å²) in [5.41, 5.74) is 3.82. The van der Waals surface area contributed by atoms with Crippen LogP contribution < -0.4 is 10.2 Å². The first-order chi connectivity index (χ1) is 8.30. The second-order valence-corrected chi connectivity index (χ2v) is 3.71. The van der Waals surface area contributed by atoms with Gasteiger partial charge >= 0.3 is 0 Å². The maximum absolute atomic E-state index is 5.41. The maximum Gasteiger partial charge on any atom is 0.121 e. The molecule has 0 saturated carbocycles. The van der Waals surface area contributed by atoms with E-state index in [0.29, 0.717) is 6.61 Å². The fraction of sp³-hybridized carbons (Fsp3) is 0.538. The molecule has 4 nitrogen and oxygen atoms in total. The molecule has 4 heteroatoms. The lowest BCUT2D eigenvalue weighted by Crippen LogP contribution is -2.27. The molecule has 0 aliphatic heterocycles. The molecule has 1 N–H and O–H groups in total. The predicted octanol–water partition coefficient (Wildman–Crippen LogP) is 2.38. The van der Waals surface area contributed by atoms with Gasteiger partial charge in [0.25, 0.3) is 0 Å². The van der Waals surface area contributed by atoms with E-state index in [1.165, 1.54) is 0 Å². The van der Waals surface area contributed by atoms with Crippen LogP contribution in [0.5, 0.6) is 5.75 Å². The number of nitrogens with zero attached hydrogens (tertiary/aromatic N) is 1. The van der Waals surface area contributed by atoms with Gasteiger partial charge in [0.2, 0.25) is 0 Å². The van der Waals surface area contributed by atoms with Crippen molar-refractivity contribution in [2.24, 2.45) is 0 Å². The second kappa shape index (κ2) is 7.92. The summed E-state index contributed by atoms with van der Waals surface area (Å²) in [6.45, 7) is 8.01. The van der Waals surface area contributed by atoms with Crippen LogP contribution in [0.4, 0.5) is 5.69 Å². The van der Waals surface area contributed by atoms with Crippen molar-refractivity contribution < 1.29 is 9.57 Å². The van der Waals surface area contributed by atoms with Crippen molar-refractivity contribution in [3.8, 4) is 5.75 Å². The molecule has 0 aromatic heterocycles. The van der Waals surface area contributed by atoms with E-state index in [1.54, 1.807) is 7.11 Å². The van der Waals surface area contributed by atoms with Crippen LogP contribution in [-0.4, -0.2) is 38.3 Å². The highest BCUT2D eigenvalue weighted by Gasteiger charge is 1.99. The molecule has 1 aromatic rings. The van der Waals surface area contributed by atoms with Crippen molar-refractivity contribution in [3.05, 3.63) is 24.3 Å². The largest absolute Gasteiger partial charge is 0.497 e. The van der Waals surface area contributed by atoms with Crippen molar-refractivity contribution in [2.45, 2.75) is 13.8 Å². The number of hydrogen-bond donors (Lipinski definition) is 1. The van der Waals surface area contributed by atoms with Crippen molar-refractivity contribution in [1.29, 1.82) is 0 Å². The Balaban J connectivity index is 2.26. The molecule has 0 bridgehead atoms. The molecule has 0 saturated heterocycles. The van der Waals surface area contributed by atoms with Crippen LogP contribution >= 0.6 is 0 Å². The van der Waals surface area contributed by atoms with E-state index >= 15 is 0 Å². The summed E-state index contributed by atoms with van der Waals surface area (Å²) in [5.74, 6) is 0.822. The maximum atomic E-state index is 5.41. The minimum absolute atomic E-state index is 0.666. The zero-order valence-corrected chi connectivity index (χ0v) is 10.9. The van der Waals surface area contributed by atoms with Gasteiger partial charge in [0.15, 0.2) is 0 Å². The van der Waals surface area contributed by atoms with Crippen LogP contribution in [-0.2, 0) is 4.84 Å². The van der Waals surface area contributed by atoms with Crippen LogP contribution in [0.1, 0.15) is 13.8 Å². The van der Waals surface area contributed by atoms with Gasteiger partial charge in [0, 0.05) is 12.6 Å². The Morgan fingerprint density at radius 3 is 2.65 bits per heavy atom. The van der Waals surface area contributed by atoms with Gasteiger partial charge in [-0.3, -0.25) is 10.3 Å². The summed E-state index contributed by atoms with van der Waals surface area (Å²) < 4.78 is 5.13. The minimum atomic E-state index is 0.666. The lowest BCUT2D eigenvalue weighted by Gasteiger charge is -2.17. The average Bonchev–Trinajstić information content (AvgIpc) is 2.39. The molecule has 17 heavy (non-hydrogen) atoms. The summed E-state index contributed by atoms with van der Waals surface area (Å²) in [4.78, 5) is 7.72. The fourth-order valence-corrected chi connectivity index (χ4v) is 1.54. The normalized spacial score (nSPS) is 10.6. The van der Waals surface area contributed by atoms with Crippen LogP contribution in [0.25, 0.3) is 0 Å². The van der Waals surface area contributed by atoms with E-state index in [2.05, 4.69) is 24.2 Å². The molecule has 0 radical (unpaired) electrons. The summed E-state index contributed by atoms with van der Waals surface area (Å²) in [5, 5.41) is 0. The van der Waals surface area contributed by atoms with Gasteiger partial charge in [-0.1, -0.05) is 19.9 Å². The Labute approximate surface area is 103 Å². The van der Waals surface area contributed by atoms with Crippen LogP contribution in [0.3, 0.4) is 0 Å². The zero-order chi connectivity index (χ0) is 12.5. The van der Waals surface area contributed by atoms with Crippen molar-refractivity contribution in [1.82, 2.24) is 4.90 Å². The Hall–Kier alpha value is -1.26. The molecule has 0 unspecified atom stereocenters. The summed E-state index contributed by atoms with van der Waals surface area (Å²) in [7, 11) is 1.65. The molecule has 0 heterocycles. The first-order valence-corrected chi connectivity index (χ1v) is 6.04. The number of nitrogens with one attached hydrogen (secondary N) is 1. The number of methoxy groups -OCH3 is 1. The van der Waals surface area contributed by atoms with Gasteiger partial charge < -0.3 is 9.64 Å². The number of benzene rings is 1. The second-order valence-electron chi connectivity index (χ2n) is 3.71. The Morgan fingerprint density at radius 2 is 2.00 bits per heavy atom. The lowest BCUT2D eigenvalue weighted by atomic mass is 10.3. The average molecular weight is 238 g/mol. The third-order valence-corrected chi connectivity index (χ3v) is 2.66. The van der Waals surface area contributed by atoms with Crippen LogP contribution in [0.2, 0.25) is 0 Å². The molecule has 0 aliphatic carbocycles. The number of anilines is 1. The molecule has 0 spiro atoms. The summed E-state index contributed by atoms with van der Waals surface area (Å²) in [6, 6.07) is 7.67. The predicted molar refractivity (Wildman–Crippen MR) is 70.4 cm³/mol. The van der Waals surface area contributed by atoms with Gasteiger partial charge in [-0.05, 0) is 25.2 Å². The molecule has 1 rings (SSSR count). The summed E-state index contributed by atoms with van der Waals surface area (Å²) >= 11 is 0. The monoisotopic (exact) mass is 238 g/mol. The standard InChI is InChI=1S/C13H22N2O2/c1-4-15(5-2)9-10-17-14-12-7-6-8-13(11-12)16-3/h6-8,11,14H,4-5,9-10H2,1-3H3. The van der Waals surface area contributed by atoms with Gasteiger partial charge in [0.1, 0.15) is 5.75 Å². The quantitative estimate of drug-likeness (QED) is 0.557. The third kappa shape index (κ3) is 5.06. The fourth-order valence-electron chi connectivity index (χ4n) is 1.54. The van der Waals surface area contributed by atoms with Gasteiger partial charge in [-0.15, -0.1) is 0 Å². The number of ether oxygens (including phenoxy) is 1. The van der Waals surface area contributed by atoms with E-state index in [0.717, 1.165) is 31.1 Å². The Bertz CT molecular complexity index is 314. The van der Waals surface area contributed by atoms with Gasteiger partial charge in [-0.2, -0.15) is 0 Å².